The van der Waals surface area contributed by atoms with Crippen molar-refractivity contribution in [3.05, 3.63) is 63.3 Å². The normalized spacial score (nSPS) is 11.9. The van der Waals surface area contributed by atoms with Gasteiger partial charge in [-0.1, -0.05) is 29.8 Å². The SMILES string of the molecule is O=C(/C=C(/c1ccc(Cl)cc1)C(F)(F)F)NCCCNC(=O)c1cccs1. The number of rotatable bonds is 7. The smallest absolute Gasteiger partial charge is 0.352 e. The van der Waals surface area contributed by atoms with Crippen molar-refractivity contribution in [2.45, 2.75) is 12.6 Å². The third-order valence-electron chi connectivity index (χ3n) is 3.42. The summed E-state index contributed by atoms with van der Waals surface area (Å²) in [4.78, 5) is 24.1. The zero-order valence-corrected chi connectivity index (χ0v) is 15.5. The topological polar surface area (TPSA) is 58.2 Å². The van der Waals surface area contributed by atoms with Crippen molar-refractivity contribution in [1.29, 1.82) is 0 Å². The van der Waals surface area contributed by atoms with Crippen LogP contribution in [0.5, 0.6) is 0 Å². The molecule has 9 heteroatoms. The number of amides is 2. The van der Waals surface area contributed by atoms with E-state index < -0.39 is 17.7 Å². The van der Waals surface area contributed by atoms with Gasteiger partial charge in [-0.05, 0) is 35.6 Å². The fourth-order valence-electron chi connectivity index (χ4n) is 2.14. The molecule has 0 fully saturated rings. The van der Waals surface area contributed by atoms with Gasteiger partial charge in [0.05, 0.1) is 10.5 Å². The van der Waals surface area contributed by atoms with Crippen molar-refractivity contribution in [3.8, 4) is 0 Å². The third-order valence-corrected chi connectivity index (χ3v) is 4.54. The Morgan fingerprint density at radius 2 is 1.74 bits per heavy atom. The van der Waals surface area contributed by atoms with E-state index in [1.807, 2.05) is 0 Å². The molecular weight excluding hydrogens is 401 g/mol. The summed E-state index contributed by atoms with van der Waals surface area (Å²) >= 11 is 6.98. The number of carbonyl (C=O) groups is 2. The van der Waals surface area contributed by atoms with Crippen LogP contribution in [0.4, 0.5) is 13.2 Å². The molecule has 1 aromatic heterocycles. The molecule has 2 N–H and O–H groups in total. The first kappa shape index (κ1) is 21.0. The summed E-state index contributed by atoms with van der Waals surface area (Å²) in [6.45, 7) is 0.426. The van der Waals surface area contributed by atoms with E-state index in [4.69, 9.17) is 11.6 Å². The van der Waals surface area contributed by atoms with Gasteiger partial charge in [-0.15, -0.1) is 11.3 Å². The molecule has 4 nitrogen and oxygen atoms in total. The van der Waals surface area contributed by atoms with Gasteiger partial charge in [-0.3, -0.25) is 9.59 Å². The van der Waals surface area contributed by atoms with E-state index in [0.29, 0.717) is 28.9 Å². The summed E-state index contributed by atoms with van der Waals surface area (Å²) in [5.41, 5.74) is -1.20. The van der Waals surface area contributed by atoms with E-state index in [1.54, 1.807) is 17.5 Å². The van der Waals surface area contributed by atoms with Crippen molar-refractivity contribution in [1.82, 2.24) is 10.6 Å². The molecule has 144 valence electrons. The Labute approximate surface area is 163 Å². The maximum absolute atomic E-state index is 13.2. The molecule has 1 heterocycles. The van der Waals surface area contributed by atoms with E-state index in [1.165, 1.54) is 35.6 Å². The predicted octanol–water partition coefficient (Wildman–Crippen LogP) is 4.28. The van der Waals surface area contributed by atoms with Gasteiger partial charge in [0.15, 0.2) is 0 Å². The first-order valence-electron chi connectivity index (χ1n) is 7.92. The van der Waals surface area contributed by atoms with Gasteiger partial charge in [0.1, 0.15) is 0 Å². The van der Waals surface area contributed by atoms with Crippen LogP contribution in [0.3, 0.4) is 0 Å². The monoisotopic (exact) mass is 416 g/mol. The number of halogens is 4. The summed E-state index contributed by atoms with van der Waals surface area (Å²) in [6.07, 6.45) is -3.77. The van der Waals surface area contributed by atoms with Crippen LogP contribution in [0, 0.1) is 0 Å². The second kappa shape index (κ2) is 9.57. The molecule has 0 unspecified atom stereocenters. The number of nitrogens with one attached hydrogen (secondary N) is 2. The number of thiophene rings is 1. The van der Waals surface area contributed by atoms with Crippen LogP contribution in [0.25, 0.3) is 5.57 Å². The lowest BCUT2D eigenvalue weighted by atomic mass is 10.1. The number of hydrogen-bond acceptors (Lipinski definition) is 3. The number of alkyl halides is 3. The second-order valence-corrected chi connectivity index (χ2v) is 6.82. The van der Waals surface area contributed by atoms with Crippen LogP contribution in [0.1, 0.15) is 21.7 Å². The molecule has 0 aliphatic rings. The average Bonchev–Trinajstić information content (AvgIpc) is 3.14. The minimum absolute atomic E-state index is 0.131. The van der Waals surface area contributed by atoms with Crippen molar-refractivity contribution >= 4 is 40.3 Å². The van der Waals surface area contributed by atoms with Crippen LogP contribution in [0.15, 0.2) is 47.9 Å². The molecular formula is C18H16ClF3N2O2S. The highest BCUT2D eigenvalue weighted by atomic mass is 35.5. The minimum Gasteiger partial charge on any atom is -0.352 e. The van der Waals surface area contributed by atoms with Crippen LogP contribution in [0.2, 0.25) is 5.02 Å². The number of carbonyl (C=O) groups excluding carboxylic acids is 2. The Kier molecular flexibility index (Phi) is 7.44. The van der Waals surface area contributed by atoms with Crippen LogP contribution in [-0.4, -0.2) is 31.1 Å². The molecule has 1 aromatic carbocycles. The van der Waals surface area contributed by atoms with E-state index in [2.05, 4.69) is 10.6 Å². The van der Waals surface area contributed by atoms with E-state index in [9.17, 15) is 22.8 Å². The minimum atomic E-state index is -4.68. The maximum atomic E-state index is 13.2. The summed E-state index contributed by atoms with van der Waals surface area (Å²) in [7, 11) is 0. The summed E-state index contributed by atoms with van der Waals surface area (Å²) < 4.78 is 39.6. The van der Waals surface area contributed by atoms with E-state index >= 15 is 0 Å². The lowest BCUT2D eigenvalue weighted by Crippen LogP contribution is -2.29. The third kappa shape index (κ3) is 6.73. The van der Waals surface area contributed by atoms with Gasteiger partial charge in [0, 0.05) is 24.2 Å². The Morgan fingerprint density at radius 3 is 2.33 bits per heavy atom. The zero-order chi connectivity index (χ0) is 19.9. The molecule has 0 bridgehead atoms. The molecule has 0 spiro atoms. The fraction of sp³-hybridized carbons (Fsp3) is 0.222. The molecule has 2 rings (SSSR count). The molecule has 0 saturated heterocycles. The van der Waals surface area contributed by atoms with Crippen LogP contribution < -0.4 is 10.6 Å². The Bertz CT molecular complexity index is 803. The van der Waals surface area contributed by atoms with Gasteiger partial charge in [-0.2, -0.15) is 13.2 Å². The average molecular weight is 417 g/mol. The van der Waals surface area contributed by atoms with Crippen LogP contribution in [-0.2, 0) is 4.79 Å². The van der Waals surface area contributed by atoms with Gasteiger partial charge < -0.3 is 10.6 Å². The summed E-state index contributed by atoms with van der Waals surface area (Å²) in [5, 5.41) is 7.13. The number of hydrogen-bond donors (Lipinski definition) is 2. The maximum Gasteiger partial charge on any atom is 0.417 e. The van der Waals surface area contributed by atoms with E-state index in [0.717, 1.165) is 0 Å². The zero-order valence-electron chi connectivity index (χ0n) is 14.0. The van der Waals surface area contributed by atoms with Gasteiger partial charge in [-0.25, -0.2) is 0 Å². The highest BCUT2D eigenvalue weighted by Gasteiger charge is 2.35. The van der Waals surface area contributed by atoms with Crippen molar-refractivity contribution < 1.29 is 22.8 Å². The Balaban J connectivity index is 1.85. The summed E-state index contributed by atoms with van der Waals surface area (Å²) in [6, 6.07) is 8.49. The molecule has 2 aromatic rings. The number of allylic oxidation sites excluding steroid dienone is 1. The summed E-state index contributed by atoms with van der Waals surface area (Å²) in [5.74, 6) is -1.08. The van der Waals surface area contributed by atoms with Crippen LogP contribution >= 0.6 is 22.9 Å². The molecule has 27 heavy (non-hydrogen) atoms. The lowest BCUT2D eigenvalue weighted by Gasteiger charge is -2.12. The number of benzene rings is 1. The molecule has 0 radical (unpaired) electrons. The first-order valence-corrected chi connectivity index (χ1v) is 9.17. The largest absolute Gasteiger partial charge is 0.417 e. The lowest BCUT2D eigenvalue weighted by molar-refractivity contribution is -0.117. The van der Waals surface area contributed by atoms with Gasteiger partial charge in [0.25, 0.3) is 5.91 Å². The second-order valence-electron chi connectivity index (χ2n) is 5.44. The first-order chi connectivity index (χ1) is 12.8. The Hall–Kier alpha value is -2.32. The molecule has 0 aliphatic heterocycles. The highest BCUT2D eigenvalue weighted by Crippen LogP contribution is 2.34. The quantitative estimate of drug-likeness (QED) is 0.522. The standard InChI is InChI=1S/C18H16ClF3N2O2S/c19-13-6-4-12(5-7-13)14(18(20,21)22)11-16(25)23-8-2-9-24-17(26)15-3-1-10-27-15/h1,3-7,10-11H,2,8-9H2,(H,23,25)(H,24,26)/b14-11-. The van der Waals surface area contributed by atoms with E-state index in [-0.39, 0.29) is 18.0 Å². The molecule has 0 aliphatic carbocycles. The fourth-order valence-corrected chi connectivity index (χ4v) is 2.90. The highest BCUT2D eigenvalue weighted by molar-refractivity contribution is 7.12. The van der Waals surface area contributed by atoms with Gasteiger partial charge >= 0.3 is 6.18 Å². The molecule has 0 atom stereocenters. The van der Waals surface area contributed by atoms with Gasteiger partial charge in [0.2, 0.25) is 5.91 Å². The van der Waals surface area contributed by atoms with Crippen molar-refractivity contribution in [2.75, 3.05) is 13.1 Å². The predicted molar refractivity (Wildman–Crippen MR) is 99.8 cm³/mol. The Morgan fingerprint density at radius 1 is 1.07 bits per heavy atom. The van der Waals surface area contributed by atoms with Crippen molar-refractivity contribution in [3.63, 3.8) is 0 Å². The molecule has 0 saturated carbocycles. The van der Waals surface area contributed by atoms with Crippen molar-refractivity contribution in [2.24, 2.45) is 0 Å². The molecule has 2 amide bonds.